The van der Waals surface area contributed by atoms with E-state index in [1.165, 1.54) is 0 Å². The average molecular weight is 392 g/mol. The van der Waals surface area contributed by atoms with Crippen molar-refractivity contribution in [1.29, 1.82) is 0 Å². The summed E-state index contributed by atoms with van der Waals surface area (Å²) in [5.74, 6) is 2.48. The molecule has 0 aliphatic carbocycles. The Kier molecular flexibility index (Phi) is 5.42. The Morgan fingerprint density at radius 3 is 2.72 bits per heavy atom. The van der Waals surface area contributed by atoms with Crippen LogP contribution in [0.25, 0.3) is 0 Å². The van der Waals surface area contributed by atoms with Gasteiger partial charge >= 0.3 is 0 Å². The fourth-order valence-electron chi connectivity index (χ4n) is 2.91. The highest BCUT2D eigenvalue weighted by atomic mass is 16.7. The molecule has 0 unspecified atom stereocenters. The number of amides is 1. The fourth-order valence-corrected chi connectivity index (χ4v) is 2.91. The number of anilines is 1. The van der Waals surface area contributed by atoms with Gasteiger partial charge in [0.05, 0.1) is 7.11 Å². The molecule has 1 amide bonds. The zero-order valence-electron chi connectivity index (χ0n) is 15.8. The van der Waals surface area contributed by atoms with Crippen LogP contribution in [0.3, 0.4) is 0 Å². The summed E-state index contributed by atoms with van der Waals surface area (Å²) in [5.41, 5.74) is 2.15. The Bertz CT molecular complexity index is 1010. The highest BCUT2D eigenvalue weighted by Gasteiger charge is 2.13. The number of hydrogen-bond acceptors (Lipinski definition) is 7. The lowest BCUT2D eigenvalue weighted by atomic mass is 10.2. The molecule has 0 fully saturated rings. The molecule has 2 N–H and O–H groups in total. The first-order chi connectivity index (χ1) is 14.2. The van der Waals surface area contributed by atoms with Crippen molar-refractivity contribution in [3.05, 3.63) is 71.4 Å². The van der Waals surface area contributed by atoms with E-state index < -0.39 is 0 Å². The third-order valence-electron chi connectivity index (χ3n) is 4.44. The smallest absolute Gasteiger partial charge is 0.272 e. The van der Waals surface area contributed by atoms with Gasteiger partial charge in [-0.2, -0.15) is 0 Å². The number of para-hydroxylation sites is 1. The summed E-state index contributed by atoms with van der Waals surface area (Å²) in [6, 6.07) is 16.6. The van der Waals surface area contributed by atoms with E-state index in [0.717, 1.165) is 28.4 Å². The second-order valence-electron chi connectivity index (χ2n) is 6.34. The maximum Gasteiger partial charge on any atom is 0.272 e. The van der Waals surface area contributed by atoms with Crippen LogP contribution in [0.5, 0.6) is 17.2 Å². The third kappa shape index (κ3) is 4.37. The molecule has 1 aliphatic rings. The zero-order valence-corrected chi connectivity index (χ0v) is 15.8. The van der Waals surface area contributed by atoms with Gasteiger partial charge in [-0.3, -0.25) is 4.79 Å². The summed E-state index contributed by atoms with van der Waals surface area (Å²) in [7, 11) is 1.60. The molecule has 0 atom stereocenters. The molecule has 8 heteroatoms. The summed E-state index contributed by atoms with van der Waals surface area (Å²) in [6.45, 7) is 1.14. The van der Waals surface area contributed by atoms with E-state index in [-0.39, 0.29) is 18.4 Å². The Morgan fingerprint density at radius 1 is 1.03 bits per heavy atom. The summed E-state index contributed by atoms with van der Waals surface area (Å²) in [4.78, 5) is 12.3. The lowest BCUT2D eigenvalue weighted by Gasteiger charge is -2.09. The number of nitrogens with one attached hydrogen (secondary N) is 2. The lowest BCUT2D eigenvalue weighted by Crippen LogP contribution is -2.24. The normalized spacial score (nSPS) is 11.8. The van der Waals surface area contributed by atoms with Crippen LogP contribution in [-0.4, -0.2) is 30.0 Å². The van der Waals surface area contributed by atoms with E-state index in [9.17, 15) is 4.79 Å². The number of methoxy groups -OCH3 is 1. The fraction of sp³-hybridized carbons (Fsp3) is 0.190. The largest absolute Gasteiger partial charge is 0.496 e. The molecule has 8 nitrogen and oxygen atoms in total. The van der Waals surface area contributed by atoms with Crippen molar-refractivity contribution >= 4 is 11.7 Å². The number of fused-ring (bicyclic) bond motifs is 1. The zero-order chi connectivity index (χ0) is 20.1. The summed E-state index contributed by atoms with van der Waals surface area (Å²) < 4.78 is 16.0. The van der Waals surface area contributed by atoms with Crippen LogP contribution in [0.2, 0.25) is 0 Å². The van der Waals surface area contributed by atoms with E-state index in [1.807, 2.05) is 42.5 Å². The first-order valence-electron chi connectivity index (χ1n) is 9.09. The Labute approximate surface area is 167 Å². The van der Waals surface area contributed by atoms with Gasteiger partial charge in [0.25, 0.3) is 5.91 Å². The van der Waals surface area contributed by atoms with Gasteiger partial charge in [0.15, 0.2) is 17.2 Å². The van der Waals surface area contributed by atoms with E-state index in [4.69, 9.17) is 14.2 Å². The molecule has 4 rings (SSSR count). The third-order valence-corrected chi connectivity index (χ3v) is 4.44. The molecule has 1 aliphatic heterocycles. The van der Waals surface area contributed by atoms with E-state index in [1.54, 1.807) is 19.2 Å². The number of aromatic nitrogens is 2. The first kappa shape index (κ1) is 18.5. The second kappa shape index (κ2) is 8.47. The predicted octanol–water partition coefficient (Wildman–Crippen LogP) is 2.76. The molecular formula is C21H20N4O4. The number of nitrogens with zero attached hydrogens (tertiary/aromatic N) is 2. The van der Waals surface area contributed by atoms with Gasteiger partial charge in [-0.25, -0.2) is 0 Å². The summed E-state index contributed by atoms with van der Waals surface area (Å²) >= 11 is 0. The van der Waals surface area contributed by atoms with Crippen LogP contribution in [-0.2, 0) is 13.1 Å². The molecule has 0 radical (unpaired) electrons. The van der Waals surface area contributed by atoms with Crippen LogP contribution < -0.4 is 24.8 Å². The molecule has 0 spiro atoms. The SMILES string of the molecule is COc1ccccc1CNC(=O)c1ccc(NCc2ccc3c(c2)OCO3)nn1. The first-order valence-corrected chi connectivity index (χ1v) is 9.09. The van der Waals surface area contributed by atoms with Crippen molar-refractivity contribution in [1.82, 2.24) is 15.5 Å². The van der Waals surface area contributed by atoms with Crippen molar-refractivity contribution in [2.24, 2.45) is 0 Å². The topological polar surface area (TPSA) is 94.6 Å². The Hall–Kier alpha value is -3.81. The minimum atomic E-state index is -0.300. The molecule has 0 saturated carbocycles. The van der Waals surface area contributed by atoms with Gasteiger partial charge in [0.2, 0.25) is 6.79 Å². The molecule has 1 aromatic heterocycles. The predicted molar refractivity (Wildman–Crippen MR) is 106 cm³/mol. The van der Waals surface area contributed by atoms with Crippen molar-refractivity contribution in [2.75, 3.05) is 19.2 Å². The number of ether oxygens (including phenoxy) is 3. The number of carbonyl (C=O) groups is 1. The highest BCUT2D eigenvalue weighted by Crippen LogP contribution is 2.32. The van der Waals surface area contributed by atoms with Gasteiger partial charge in [-0.1, -0.05) is 24.3 Å². The number of rotatable bonds is 7. The summed E-state index contributed by atoms with van der Waals surface area (Å²) in [6.07, 6.45) is 0. The monoisotopic (exact) mass is 392 g/mol. The van der Waals surface area contributed by atoms with Gasteiger partial charge in [0.1, 0.15) is 11.6 Å². The highest BCUT2D eigenvalue weighted by molar-refractivity contribution is 5.92. The molecule has 0 bridgehead atoms. The van der Waals surface area contributed by atoms with Gasteiger partial charge in [-0.05, 0) is 35.9 Å². The molecule has 3 aromatic rings. The van der Waals surface area contributed by atoms with Crippen molar-refractivity contribution < 1.29 is 19.0 Å². The number of benzene rings is 2. The van der Waals surface area contributed by atoms with Crippen molar-refractivity contribution in [2.45, 2.75) is 13.1 Å². The average Bonchev–Trinajstić information content (AvgIpc) is 3.24. The molecular weight excluding hydrogens is 372 g/mol. The van der Waals surface area contributed by atoms with E-state index in [0.29, 0.717) is 18.9 Å². The minimum absolute atomic E-state index is 0.244. The van der Waals surface area contributed by atoms with Gasteiger partial charge < -0.3 is 24.8 Å². The maximum atomic E-state index is 12.3. The lowest BCUT2D eigenvalue weighted by molar-refractivity contribution is 0.0944. The quantitative estimate of drug-likeness (QED) is 0.638. The molecule has 148 valence electrons. The Balaban J connectivity index is 1.32. The van der Waals surface area contributed by atoms with Crippen LogP contribution >= 0.6 is 0 Å². The number of carbonyl (C=O) groups excluding carboxylic acids is 1. The number of hydrogen-bond donors (Lipinski definition) is 2. The molecule has 0 saturated heterocycles. The maximum absolute atomic E-state index is 12.3. The minimum Gasteiger partial charge on any atom is -0.496 e. The van der Waals surface area contributed by atoms with E-state index >= 15 is 0 Å². The van der Waals surface area contributed by atoms with Crippen LogP contribution in [0, 0.1) is 0 Å². The van der Waals surface area contributed by atoms with Gasteiger partial charge in [-0.15, -0.1) is 10.2 Å². The van der Waals surface area contributed by atoms with Crippen LogP contribution in [0.4, 0.5) is 5.82 Å². The molecule has 2 heterocycles. The standard InChI is InChI=1S/C21H20N4O4/c1-27-17-5-3-2-4-15(17)12-23-21(26)16-7-9-20(25-24-16)22-11-14-6-8-18-19(10-14)29-13-28-18/h2-10H,11-13H2,1H3,(H,22,25)(H,23,26). The Morgan fingerprint density at radius 2 is 1.90 bits per heavy atom. The van der Waals surface area contributed by atoms with Gasteiger partial charge in [0, 0.05) is 18.7 Å². The summed E-state index contributed by atoms with van der Waals surface area (Å²) in [5, 5.41) is 14.1. The molecule has 2 aromatic carbocycles. The van der Waals surface area contributed by atoms with Crippen LogP contribution in [0.15, 0.2) is 54.6 Å². The van der Waals surface area contributed by atoms with Crippen molar-refractivity contribution in [3.8, 4) is 17.2 Å². The van der Waals surface area contributed by atoms with Crippen LogP contribution in [0.1, 0.15) is 21.6 Å². The van der Waals surface area contributed by atoms with E-state index in [2.05, 4.69) is 20.8 Å². The molecule has 29 heavy (non-hydrogen) atoms. The second-order valence-corrected chi connectivity index (χ2v) is 6.34. The van der Waals surface area contributed by atoms with Crippen molar-refractivity contribution in [3.63, 3.8) is 0 Å².